The SMILES string of the molecule is CC1CCOCCN1C(=O)NCc1csc(-c2ccccc2)n1. The van der Waals surface area contributed by atoms with E-state index in [1.165, 1.54) is 0 Å². The lowest BCUT2D eigenvalue weighted by Crippen LogP contribution is -2.45. The van der Waals surface area contributed by atoms with Gasteiger partial charge in [-0.15, -0.1) is 11.3 Å². The van der Waals surface area contributed by atoms with Crippen LogP contribution in [-0.2, 0) is 11.3 Å². The summed E-state index contributed by atoms with van der Waals surface area (Å²) in [6, 6.07) is 10.2. The molecular weight excluding hydrogens is 310 g/mol. The average molecular weight is 331 g/mol. The number of hydrogen-bond acceptors (Lipinski definition) is 4. The molecule has 1 aromatic heterocycles. The Balaban J connectivity index is 1.58. The molecule has 0 radical (unpaired) electrons. The molecule has 3 rings (SSSR count). The maximum atomic E-state index is 12.3. The van der Waals surface area contributed by atoms with E-state index in [1.54, 1.807) is 11.3 Å². The van der Waals surface area contributed by atoms with Gasteiger partial charge in [0, 0.05) is 30.1 Å². The Morgan fingerprint density at radius 3 is 3.04 bits per heavy atom. The van der Waals surface area contributed by atoms with Crippen LogP contribution in [0, 0.1) is 0 Å². The van der Waals surface area contributed by atoms with Crippen molar-refractivity contribution in [1.82, 2.24) is 15.2 Å². The predicted octanol–water partition coefficient (Wildman–Crippen LogP) is 3.13. The van der Waals surface area contributed by atoms with Crippen molar-refractivity contribution >= 4 is 17.4 Å². The molecule has 5 nitrogen and oxygen atoms in total. The molecule has 0 spiro atoms. The Bertz CT molecular complexity index is 644. The van der Waals surface area contributed by atoms with E-state index in [-0.39, 0.29) is 12.1 Å². The largest absolute Gasteiger partial charge is 0.380 e. The molecule has 6 heteroatoms. The molecule has 0 aliphatic carbocycles. The van der Waals surface area contributed by atoms with Crippen LogP contribution in [0.4, 0.5) is 4.79 Å². The summed E-state index contributed by atoms with van der Waals surface area (Å²) in [5.74, 6) is 0. The highest BCUT2D eigenvalue weighted by molar-refractivity contribution is 7.13. The standard InChI is InChI=1S/C17H21N3O2S/c1-13-7-9-22-10-8-20(13)17(21)18-11-15-12-23-16(19-15)14-5-3-2-4-6-14/h2-6,12-13H,7-11H2,1H3,(H,18,21). The van der Waals surface area contributed by atoms with Crippen LogP contribution in [-0.4, -0.2) is 41.7 Å². The molecule has 23 heavy (non-hydrogen) atoms. The van der Waals surface area contributed by atoms with Gasteiger partial charge in [-0.1, -0.05) is 30.3 Å². The lowest BCUT2D eigenvalue weighted by atomic mass is 10.2. The molecule has 2 heterocycles. The number of benzene rings is 1. The van der Waals surface area contributed by atoms with E-state index in [2.05, 4.69) is 17.2 Å². The Hall–Kier alpha value is -1.92. The average Bonchev–Trinajstić information content (AvgIpc) is 2.95. The fraction of sp³-hybridized carbons (Fsp3) is 0.412. The molecule has 122 valence electrons. The van der Waals surface area contributed by atoms with Gasteiger partial charge in [0.25, 0.3) is 0 Å². The summed E-state index contributed by atoms with van der Waals surface area (Å²) >= 11 is 1.60. The molecule has 1 N–H and O–H groups in total. The number of ether oxygens (including phenoxy) is 1. The van der Waals surface area contributed by atoms with Gasteiger partial charge in [0.15, 0.2) is 0 Å². The molecular formula is C17H21N3O2S. The number of carbonyl (C=O) groups is 1. The minimum atomic E-state index is -0.0442. The van der Waals surface area contributed by atoms with Gasteiger partial charge in [-0.3, -0.25) is 0 Å². The molecule has 0 bridgehead atoms. The zero-order valence-corrected chi connectivity index (χ0v) is 14.0. The van der Waals surface area contributed by atoms with Crippen molar-refractivity contribution in [2.24, 2.45) is 0 Å². The van der Waals surface area contributed by atoms with Crippen molar-refractivity contribution in [3.8, 4) is 10.6 Å². The number of hydrogen-bond donors (Lipinski definition) is 1. The number of rotatable bonds is 3. The molecule has 1 atom stereocenters. The molecule has 1 saturated heterocycles. The number of nitrogens with zero attached hydrogens (tertiary/aromatic N) is 2. The topological polar surface area (TPSA) is 54.5 Å². The number of nitrogens with one attached hydrogen (secondary N) is 1. The lowest BCUT2D eigenvalue weighted by Gasteiger charge is -2.26. The fourth-order valence-corrected chi connectivity index (χ4v) is 3.39. The maximum absolute atomic E-state index is 12.3. The number of amides is 2. The first kappa shape index (κ1) is 16.0. The monoisotopic (exact) mass is 331 g/mol. The number of carbonyl (C=O) groups excluding carboxylic acids is 1. The van der Waals surface area contributed by atoms with E-state index in [0.717, 1.165) is 29.3 Å². The molecule has 1 aromatic carbocycles. The Kier molecular flexibility index (Phi) is 5.25. The van der Waals surface area contributed by atoms with Crippen LogP contribution < -0.4 is 5.32 Å². The smallest absolute Gasteiger partial charge is 0.318 e. The van der Waals surface area contributed by atoms with Crippen LogP contribution in [0.15, 0.2) is 35.7 Å². The summed E-state index contributed by atoms with van der Waals surface area (Å²) in [7, 11) is 0. The van der Waals surface area contributed by atoms with Crippen molar-refractivity contribution in [3.05, 3.63) is 41.4 Å². The van der Waals surface area contributed by atoms with Gasteiger partial charge in [0.2, 0.25) is 0 Å². The van der Waals surface area contributed by atoms with Crippen LogP contribution in [0.2, 0.25) is 0 Å². The van der Waals surface area contributed by atoms with Gasteiger partial charge >= 0.3 is 6.03 Å². The second kappa shape index (κ2) is 7.57. The van der Waals surface area contributed by atoms with E-state index < -0.39 is 0 Å². The summed E-state index contributed by atoms with van der Waals surface area (Å²) in [4.78, 5) is 18.8. The second-order valence-corrected chi connectivity index (χ2v) is 6.47. The van der Waals surface area contributed by atoms with Crippen molar-refractivity contribution in [1.29, 1.82) is 0 Å². The first-order valence-electron chi connectivity index (χ1n) is 7.86. The first-order valence-corrected chi connectivity index (χ1v) is 8.74. The van der Waals surface area contributed by atoms with E-state index in [9.17, 15) is 4.79 Å². The van der Waals surface area contributed by atoms with Crippen molar-refractivity contribution < 1.29 is 9.53 Å². The van der Waals surface area contributed by atoms with Gasteiger partial charge in [0.1, 0.15) is 5.01 Å². The second-order valence-electron chi connectivity index (χ2n) is 5.61. The van der Waals surface area contributed by atoms with Crippen molar-refractivity contribution in [2.75, 3.05) is 19.8 Å². The van der Waals surface area contributed by atoms with Crippen molar-refractivity contribution in [3.63, 3.8) is 0 Å². The maximum Gasteiger partial charge on any atom is 0.318 e. The molecule has 1 fully saturated rings. The third-order valence-corrected chi connectivity index (χ3v) is 4.88. The highest BCUT2D eigenvalue weighted by Crippen LogP contribution is 2.23. The minimum Gasteiger partial charge on any atom is -0.380 e. The zero-order valence-electron chi connectivity index (χ0n) is 13.2. The Morgan fingerprint density at radius 2 is 2.22 bits per heavy atom. The number of aromatic nitrogens is 1. The number of thiazole rings is 1. The van der Waals surface area contributed by atoms with Gasteiger partial charge in [-0.2, -0.15) is 0 Å². The lowest BCUT2D eigenvalue weighted by molar-refractivity contribution is 0.142. The summed E-state index contributed by atoms with van der Waals surface area (Å²) in [5, 5.41) is 5.94. The quantitative estimate of drug-likeness (QED) is 0.940. The van der Waals surface area contributed by atoms with Gasteiger partial charge in [0.05, 0.1) is 18.8 Å². The van der Waals surface area contributed by atoms with Gasteiger partial charge in [-0.25, -0.2) is 9.78 Å². The molecule has 2 amide bonds. The van der Waals surface area contributed by atoms with Crippen LogP contribution >= 0.6 is 11.3 Å². The zero-order chi connectivity index (χ0) is 16.1. The Morgan fingerprint density at radius 1 is 1.39 bits per heavy atom. The van der Waals surface area contributed by atoms with E-state index in [0.29, 0.717) is 19.7 Å². The normalized spacial score (nSPS) is 18.5. The van der Waals surface area contributed by atoms with E-state index in [1.807, 2.05) is 40.6 Å². The third-order valence-electron chi connectivity index (χ3n) is 3.94. The molecule has 0 saturated carbocycles. The van der Waals surface area contributed by atoms with Gasteiger partial charge in [-0.05, 0) is 13.3 Å². The van der Waals surface area contributed by atoms with E-state index in [4.69, 9.17) is 4.74 Å². The van der Waals surface area contributed by atoms with Crippen LogP contribution in [0.1, 0.15) is 19.0 Å². The highest BCUT2D eigenvalue weighted by atomic mass is 32.1. The van der Waals surface area contributed by atoms with Crippen molar-refractivity contribution in [2.45, 2.75) is 25.9 Å². The van der Waals surface area contributed by atoms with Crippen LogP contribution in [0.5, 0.6) is 0 Å². The van der Waals surface area contributed by atoms with E-state index >= 15 is 0 Å². The fourth-order valence-electron chi connectivity index (χ4n) is 2.57. The van der Waals surface area contributed by atoms with Crippen LogP contribution in [0.3, 0.4) is 0 Å². The predicted molar refractivity (Wildman–Crippen MR) is 91.4 cm³/mol. The summed E-state index contributed by atoms with van der Waals surface area (Å²) in [5.41, 5.74) is 1.99. The number of urea groups is 1. The highest BCUT2D eigenvalue weighted by Gasteiger charge is 2.22. The summed E-state index contributed by atoms with van der Waals surface area (Å²) < 4.78 is 5.43. The Labute approximate surface area is 140 Å². The van der Waals surface area contributed by atoms with Crippen LogP contribution in [0.25, 0.3) is 10.6 Å². The first-order chi connectivity index (χ1) is 11.2. The molecule has 1 aliphatic rings. The molecule has 2 aromatic rings. The van der Waals surface area contributed by atoms with Gasteiger partial charge < -0.3 is 15.0 Å². The summed E-state index contributed by atoms with van der Waals surface area (Å²) in [6.07, 6.45) is 0.877. The minimum absolute atomic E-state index is 0.0442. The molecule has 1 aliphatic heterocycles. The third kappa shape index (κ3) is 4.09. The summed E-state index contributed by atoms with van der Waals surface area (Å²) in [6.45, 7) is 4.47. The molecule has 1 unspecified atom stereocenters.